The van der Waals surface area contributed by atoms with E-state index in [2.05, 4.69) is 15.9 Å². The van der Waals surface area contributed by atoms with Crippen LogP contribution >= 0.6 is 15.9 Å². The van der Waals surface area contributed by atoms with Gasteiger partial charge >= 0.3 is 0 Å². The van der Waals surface area contributed by atoms with Gasteiger partial charge in [-0.05, 0) is 0 Å². The zero-order chi connectivity index (χ0) is 8.10. The zero-order valence-electron chi connectivity index (χ0n) is 6.33. The highest BCUT2D eigenvalue weighted by molar-refractivity contribution is 9.09. The van der Waals surface area contributed by atoms with Crippen molar-refractivity contribution in [3.8, 4) is 0 Å². The molecule has 0 amide bonds. The third-order valence-electron chi connectivity index (χ3n) is 1.68. The van der Waals surface area contributed by atoms with Crippen molar-refractivity contribution in [1.29, 1.82) is 0 Å². The number of hydrogen-bond donors (Lipinski definition) is 1. The standard InChI is InChI=1S/C7H13BrO3/c8-1-2-10-7-3-6(4-9)5-11-7/h6-7,9H,1-5H2. The Morgan fingerprint density at radius 2 is 2.45 bits per heavy atom. The van der Waals surface area contributed by atoms with Crippen molar-refractivity contribution < 1.29 is 14.6 Å². The maximum absolute atomic E-state index is 8.76. The topological polar surface area (TPSA) is 38.7 Å². The van der Waals surface area contributed by atoms with Crippen LogP contribution in [0.5, 0.6) is 0 Å². The fourth-order valence-electron chi connectivity index (χ4n) is 1.07. The minimum atomic E-state index is -0.0929. The van der Waals surface area contributed by atoms with Crippen molar-refractivity contribution >= 4 is 15.9 Å². The lowest BCUT2D eigenvalue weighted by Gasteiger charge is -2.08. The van der Waals surface area contributed by atoms with E-state index in [0.717, 1.165) is 11.8 Å². The summed E-state index contributed by atoms with van der Waals surface area (Å²) in [4.78, 5) is 0. The van der Waals surface area contributed by atoms with Gasteiger partial charge < -0.3 is 14.6 Å². The zero-order valence-corrected chi connectivity index (χ0v) is 7.92. The molecule has 1 aliphatic rings. The molecule has 2 unspecified atom stereocenters. The minimum absolute atomic E-state index is 0.0929. The van der Waals surface area contributed by atoms with Crippen LogP contribution in [0.2, 0.25) is 0 Å². The lowest BCUT2D eigenvalue weighted by atomic mass is 10.1. The van der Waals surface area contributed by atoms with Crippen molar-refractivity contribution in [3.05, 3.63) is 0 Å². The first-order chi connectivity index (χ1) is 5.36. The molecule has 4 heteroatoms. The van der Waals surface area contributed by atoms with E-state index in [1.807, 2.05) is 0 Å². The van der Waals surface area contributed by atoms with Crippen LogP contribution in [0.3, 0.4) is 0 Å². The summed E-state index contributed by atoms with van der Waals surface area (Å²) >= 11 is 3.26. The molecule has 11 heavy (non-hydrogen) atoms. The number of rotatable bonds is 4. The predicted molar refractivity (Wildman–Crippen MR) is 44.7 cm³/mol. The lowest BCUT2D eigenvalue weighted by molar-refractivity contribution is -0.105. The smallest absolute Gasteiger partial charge is 0.158 e. The SMILES string of the molecule is OCC1COC(OCCBr)C1. The fraction of sp³-hybridized carbons (Fsp3) is 1.00. The van der Waals surface area contributed by atoms with Gasteiger partial charge in [-0.3, -0.25) is 0 Å². The Morgan fingerprint density at radius 3 is 3.00 bits per heavy atom. The summed E-state index contributed by atoms with van der Waals surface area (Å²) in [5.74, 6) is 0.273. The van der Waals surface area contributed by atoms with Crippen molar-refractivity contribution in [3.63, 3.8) is 0 Å². The Bertz CT molecular complexity index is 110. The van der Waals surface area contributed by atoms with Gasteiger partial charge in [-0.1, -0.05) is 15.9 Å². The highest BCUT2D eigenvalue weighted by atomic mass is 79.9. The number of aliphatic hydroxyl groups is 1. The first-order valence-corrected chi connectivity index (χ1v) is 4.89. The summed E-state index contributed by atoms with van der Waals surface area (Å²) in [6, 6.07) is 0. The summed E-state index contributed by atoms with van der Waals surface area (Å²) < 4.78 is 10.6. The van der Waals surface area contributed by atoms with E-state index in [1.54, 1.807) is 0 Å². The van der Waals surface area contributed by atoms with Gasteiger partial charge in [0.25, 0.3) is 0 Å². The van der Waals surface area contributed by atoms with Crippen LogP contribution in [0.25, 0.3) is 0 Å². The minimum Gasteiger partial charge on any atom is -0.396 e. The molecule has 0 aromatic carbocycles. The van der Waals surface area contributed by atoms with Crippen LogP contribution in [0.4, 0.5) is 0 Å². The normalized spacial score (nSPS) is 31.1. The van der Waals surface area contributed by atoms with E-state index in [4.69, 9.17) is 14.6 Å². The molecule has 0 bridgehead atoms. The molecular formula is C7H13BrO3. The Kier molecular flexibility index (Phi) is 4.37. The Balaban J connectivity index is 2.09. The average Bonchev–Trinajstić information content (AvgIpc) is 2.48. The maximum atomic E-state index is 8.76. The molecule has 0 radical (unpaired) electrons. The molecular weight excluding hydrogens is 212 g/mol. The third kappa shape index (κ3) is 3.07. The molecule has 2 atom stereocenters. The van der Waals surface area contributed by atoms with Crippen molar-refractivity contribution in [2.45, 2.75) is 12.7 Å². The molecule has 1 N–H and O–H groups in total. The number of aliphatic hydroxyl groups excluding tert-OH is 1. The van der Waals surface area contributed by atoms with Crippen molar-refractivity contribution in [2.24, 2.45) is 5.92 Å². The number of halogens is 1. The van der Waals surface area contributed by atoms with Crippen LogP contribution in [-0.4, -0.2) is 36.5 Å². The summed E-state index contributed by atoms with van der Waals surface area (Å²) in [6.07, 6.45) is 0.730. The Labute approximate surface area is 74.8 Å². The van der Waals surface area contributed by atoms with E-state index in [9.17, 15) is 0 Å². The van der Waals surface area contributed by atoms with Gasteiger partial charge in [-0.2, -0.15) is 0 Å². The molecule has 66 valence electrons. The quantitative estimate of drug-likeness (QED) is 0.717. The lowest BCUT2D eigenvalue weighted by Crippen LogP contribution is -2.12. The van der Waals surface area contributed by atoms with Gasteiger partial charge in [-0.25, -0.2) is 0 Å². The maximum Gasteiger partial charge on any atom is 0.158 e. The third-order valence-corrected chi connectivity index (χ3v) is 2.01. The number of hydrogen-bond acceptors (Lipinski definition) is 3. The second kappa shape index (κ2) is 5.09. The molecule has 0 aliphatic carbocycles. The Morgan fingerprint density at radius 1 is 1.64 bits per heavy atom. The molecule has 0 spiro atoms. The number of ether oxygens (including phenoxy) is 2. The van der Waals surface area contributed by atoms with Gasteiger partial charge in [0.2, 0.25) is 0 Å². The predicted octanol–water partition coefficient (Wildman–Crippen LogP) is 0.753. The van der Waals surface area contributed by atoms with E-state index in [1.165, 1.54) is 0 Å². The van der Waals surface area contributed by atoms with E-state index in [-0.39, 0.29) is 18.8 Å². The number of alkyl halides is 1. The van der Waals surface area contributed by atoms with Crippen LogP contribution in [0, 0.1) is 5.92 Å². The first kappa shape index (κ1) is 9.45. The molecule has 1 fully saturated rings. The summed E-state index contributed by atoms with van der Waals surface area (Å²) in [5, 5.41) is 9.59. The monoisotopic (exact) mass is 224 g/mol. The second-order valence-corrected chi connectivity index (χ2v) is 3.40. The van der Waals surface area contributed by atoms with E-state index < -0.39 is 0 Å². The van der Waals surface area contributed by atoms with Crippen LogP contribution in [-0.2, 0) is 9.47 Å². The van der Waals surface area contributed by atoms with Gasteiger partial charge in [0.1, 0.15) is 0 Å². The molecule has 1 aliphatic heterocycles. The highest BCUT2D eigenvalue weighted by Gasteiger charge is 2.24. The van der Waals surface area contributed by atoms with Crippen molar-refractivity contribution in [2.75, 3.05) is 25.2 Å². The first-order valence-electron chi connectivity index (χ1n) is 3.77. The molecule has 1 heterocycles. The van der Waals surface area contributed by atoms with Gasteiger partial charge in [0, 0.05) is 24.3 Å². The highest BCUT2D eigenvalue weighted by Crippen LogP contribution is 2.19. The molecule has 0 aromatic rings. The van der Waals surface area contributed by atoms with Crippen LogP contribution in [0.15, 0.2) is 0 Å². The fourth-order valence-corrected chi connectivity index (χ4v) is 1.26. The molecule has 0 saturated carbocycles. The van der Waals surface area contributed by atoms with Gasteiger partial charge in [0.15, 0.2) is 6.29 Å². The second-order valence-electron chi connectivity index (χ2n) is 2.61. The Hall–Kier alpha value is 0.360. The molecule has 1 rings (SSSR count). The van der Waals surface area contributed by atoms with E-state index >= 15 is 0 Å². The average molecular weight is 225 g/mol. The van der Waals surface area contributed by atoms with Gasteiger partial charge in [0.05, 0.1) is 13.2 Å². The molecule has 0 aromatic heterocycles. The van der Waals surface area contributed by atoms with Crippen LogP contribution < -0.4 is 0 Å². The summed E-state index contributed by atoms with van der Waals surface area (Å²) in [6.45, 7) is 1.50. The van der Waals surface area contributed by atoms with Crippen molar-refractivity contribution in [1.82, 2.24) is 0 Å². The summed E-state index contributed by atoms with van der Waals surface area (Å²) in [5.41, 5.74) is 0. The van der Waals surface area contributed by atoms with E-state index in [0.29, 0.717) is 13.2 Å². The summed E-state index contributed by atoms with van der Waals surface area (Å²) in [7, 11) is 0. The molecule has 1 saturated heterocycles. The molecule has 3 nitrogen and oxygen atoms in total. The van der Waals surface area contributed by atoms with Gasteiger partial charge in [-0.15, -0.1) is 0 Å². The largest absolute Gasteiger partial charge is 0.396 e. The van der Waals surface area contributed by atoms with Crippen LogP contribution in [0.1, 0.15) is 6.42 Å².